The van der Waals surface area contributed by atoms with E-state index in [1.807, 2.05) is 57.2 Å². The zero-order valence-electron chi connectivity index (χ0n) is 16.6. The number of nitrogens with zero attached hydrogens (tertiary/aromatic N) is 1. The molecule has 4 nitrogen and oxygen atoms in total. The lowest BCUT2D eigenvalue weighted by Gasteiger charge is -2.28. The molecule has 3 rings (SSSR count). The van der Waals surface area contributed by atoms with Crippen molar-refractivity contribution >= 4 is 33.4 Å². The van der Waals surface area contributed by atoms with Gasteiger partial charge in [-0.3, -0.25) is 9.59 Å². The van der Waals surface area contributed by atoms with Gasteiger partial charge in [0.1, 0.15) is 6.54 Å². The highest BCUT2D eigenvalue weighted by molar-refractivity contribution is 9.10. The van der Waals surface area contributed by atoms with E-state index in [1.54, 1.807) is 4.90 Å². The number of fused-ring (bicyclic) bond motifs is 1. The lowest BCUT2D eigenvalue weighted by Crippen LogP contribution is -2.49. The summed E-state index contributed by atoms with van der Waals surface area (Å²) in [6.07, 6.45) is 1.47. The van der Waals surface area contributed by atoms with Crippen LogP contribution >= 0.6 is 15.9 Å². The highest BCUT2D eigenvalue weighted by Crippen LogP contribution is 2.40. The van der Waals surface area contributed by atoms with E-state index in [-0.39, 0.29) is 34.6 Å². The van der Waals surface area contributed by atoms with Crippen molar-refractivity contribution in [2.45, 2.75) is 49.9 Å². The molecule has 28 heavy (non-hydrogen) atoms. The fourth-order valence-electron chi connectivity index (χ4n) is 3.56. The molecule has 2 atom stereocenters. The van der Waals surface area contributed by atoms with Crippen LogP contribution < -0.4 is 10.2 Å². The topological polar surface area (TPSA) is 49.4 Å². The number of alkyl halides is 1. The molecule has 1 N–H and O–H groups in total. The number of hydrogen-bond acceptors (Lipinski definition) is 2. The number of carbonyl (C=O) groups excluding carboxylic acids is 2. The maximum absolute atomic E-state index is 13.2. The van der Waals surface area contributed by atoms with Crippen molar-refractivity contribution in [2.24, 2.45) is 0 Å². The summed E-state index contributed by atoms with van der Waals surface area (Å²) in [6, 6.07) is 18.1. The average molecular weight is 443 g/mol. The Balaban J connectivity index is 1.98. The predicted octanol–water partition coefficient (Wildman–Crippen LogP) is 4.62. The first-order chi connectivity index (χ1) is 13.3. The number of amides is 2. The molecule has 0 fully saturated rings. The summed E-state index contributed by atoms with van der Waals surface area (Å²) in [4.78, 5) is 27.1. The maximum Gasteiger partial charge on any atom is 0.241 e. The van der Waals surface area contributed by atoms with Crippen LogP contribution in [0.5, 0.6) is 0 Å². The fraction of sp³-hybridized carbons (Fsp3) is 0.391. The standard InChI is InChI=1S/C23H27BrN2O2/c1-4-23(2,3)25-21(27)15-26-20-13-9-8-12-17(20)18(14-19(24)22(26)28)16-10-6-5-7-11-16/h5-13,18-19H,4,14-15H2,1-3H3,(H,25,27)/t18-,19+/m1/s1. The number of halogens is 1. The van der Waals surface area contributed by atoms with Crippen molar-refractivity contribution < 1.29 is 9.59 Å². The van der Waals surface area contributed by atoms with E-state index in [9.17, 15) is 9.59 Å². The second-order valence-corrected chi connectivity index (χ2v) is 9.04. The van der Waals surface area contributed by atoms with Crippen LogP contribution in [0.4, 0.5) is 5.69 Å². The van der Waals surface area contributed by atoms with Crippen LogP contribution in [0.15, 0.2) is 54.6 Å². The number of rotatable bonds is 5. The van der Waals surface area contributed by atoms with E-state index < -0.39 is 0 Å². The lowest BCUT2D eigenvalue weighted by molar-refractivity contribution is -0.124. The molecule has 2 aromatic carbocycles. The van der Waals surface area contributed by atoms with E-state index >= 15 is 0 Å². The third-order valence-corrected chi connectivity index (χ3v) is 6.21. The summed E-state index contributed by atoms with van der Waals surface area (Å²) in [7, 11) is 0. The molecule has 0 bridgehead atoms. The second kappa shape index (κ2) is 8.48. The van der Waals surface area contributed by atoms with Crippen LogP contribution in [-0.2, 0) is 9.59 Å². The van der Waals surface area contributed by atoms with Crippen LogP contribution in [0.25, 0.3) is 0 Å². The Morgan fingerprint density at radius 1 is 1.14 bits per heavy atom. The Labute approximate surface area is 175 Å². The molecule has 0 spiro atoms. The number of benzene rings is 2. The Kier molecular flexibility index (Phi) is 6.23. The van der Waals surface area contributed by atoms with E-state index in [4.69, 9.17) is 0 Å². The largest absolute Gasteiger partial charge is 0.350 e. The van der Waals surface area contributed by atoms with Crippen LogP contribution in [0.3, 0.4) is 0 Å². The van der Waals surface area contributed by atoms with Crippen LogP contribution in [-0.4, -0.2) is 28.7 Å². The summed E-state index contributed by atoms with van der Waals surface area (Å²) in [5, 5.41) is 3.03. The van der Waals surface area contributed by atoms with Gasteiger partial charge < -0.3 is 10.2 Å². The number of carbonyl (C=O) groups is 2. The first kappa shape index (κ1) is 20.6. The quantitative estimate of drug-likeness (QED) is 0.686. The lowest BCUT2D eigenvalue weighted by atomic mass is 9.87. The van der Waals surface area contributed by atoms with Crippen molar-refractivity contribution in [1.29, 1.82) is 0 Å². The maximum atomic E-state index is 13.2. The number of hydrogen-bond donors (Lipinski definition) is 1. The third-order valence-electron chi connectivity index (χ3n) is 5.44. The molecule has 0 aromatic heterocycles. The minimum Gasteiger partial charge on any atom is -0.350 e. The van der Waals surface area contributed by atoms with E-state index in [2.05, 4.69) is 39.4 Å². The van der Waals surface area contributed by atoms with E-state index in [0.717, 1.165) is 17.7 Å². The summed E-state index contributed by atoms with van der Waals surface area (Å²) < 4.78 is 0. The van der Waals surface area contributed by atoms with Gasteiger partial charge >= 0.3 is 0 Å². The third kappa shape index (κ3) is 4.46. The van der Waals surface area contributed by atoms with Gasteiger partial charge in [-0.15, -0.1) is 0 Å². The first-order valence-electron chi connectivity index (χ1n) is 9.72. The summed E-state index contributed by atoms with van der Waals surface area (Å²) in [5.74, 6) is -0.130. The van der Waals surface area contributed by atoms with Gasteiger partial charge in [-0.1, -0.05) is 71.4 Å². The van der Waals surface area contributed by atoms with Crippen LogP contribution in [0, 0.1) is 0 Å². The molecule has 0 unspecified atom stereocenters. The average Bonchev–Trinajstić information content (AvgIpc) is 2.79. The summed E-state index contributed by atoms with van der Waals surface area (Å²) in [6.45, 7) is 6.03. The molecular weight excluding hydrogens is 416 g/mol. The molecule has 148 valence electrons. The van der Waals surface area contributed by atoms with Crippen LogP contribution in [0.1, 0.15) is 50.7 Å². The number of nitrogens with one attached hydrogen (secondary N) is 1. The monoisotopic (exact) mass is 442 g/mol. The van der Waals surface area contributed by atoms with Gasteiger partial charge in [0.05, 0.1) is 4.83 Å². The second-order valence-electron chi connectivity index (χ2n) is 7.94. The highest BCUT2D eigenvalue weighted by Gasteiger charge is 2.35. The molecule has 2 aromatic rings. The Hall–Kier alpha value is -2.14. The van der Waals surface area contributed by atoms with Gasteiger partial charge in [0.15, 0.2) is 0 Å². The van der Waals surface area contributed by atoms with Crippen LogP contribution in [0.2, 0.25) is 0 Å². The predicted molar refractivity (Wildman–Crippen MR) is 117 cm³/mol. The Morgan fingerprint density at radius 2 is 1.79 bits per heavy atom. The zero-order valence-corrected chi connectivity index (χ0v) is 18.2. The molecule has 0 saturated carbocycles. The Morgan fingerprint density at radius 3 is 2.46 bits per heavy atom. The van der Waals surface area contributed by atoms with E-state index in [0.29, 0.717) is 6.42 Å². The van der Waals surface area contributed by atoms with Crippen molar-refractivity contribution in [3.63, 3.8) is 0 Å². The molecule has 5 heteroatoms. The molecule has 1 heterocycles. The molecule has 0 saturated heterocycles. The van der Waals surface area contributed by atoms with Crippen molar-refractivity contribution in [2.75, 3.05) is 11.4 Å². The smallest absolute Gasteiger partial charge is 0.241 e. The Bertz CT molecular complexity index is 851. The van der Waals surface area contributed by atoms with Gasteiger partial charge in [-0.05, 0) is 43.9 Å². The molecule has 1 aliphatic heterocycles. The van der Waals surface area contributed by atoms with Gasteiger partial charge in [-0.25, -0.2) is 0 Å². The number of anilines is 1. The molecule has 1 aliphatic rings. The van der Waals surface area contributed by atoms with Gasteiger partial charge in [0, 0.05) is 17.1 Å². The SMILES string of the molecule is CCC(C)(C)NC(=O)CN1C(=O)[C@@H](Br)C[C@H](c2ccccc2)c2ccccc21. The minimum absolute atomic E-state index is 0.0168. The van der Waals surface area contributed by atoms with Crippen molar-refractivity contribution in [3.05, 3.63) is 65.7 Å². The summed E-state index contributed by atoms with van der Waals surface area (Å²) >= 11 is 3.58. The summed E-state index contributed by atoms with van der Waals surface area (Å²) in [5.41, 5.74) is 2.76. The van der Waals surface area contributed by atoms with Crippen molar-refractivity contribution in [1.82, 2.24) is 5.32 Å². The first-order valence-corrected chi connectivity index (χ1v) is 10.6. The number of para-hydroxylation sites is 1. The fourth-order valence-corrected chi connectivity index (χ4v) is 4.18. The zero-order chi connectivity index (χ0) is 20.3. The molecule has 0 aliphatic carbocycles. The molecular formula is C23H27BrN2O2. The van der Waals surface area contributed by atoms with E-state index in [1.165, 1.54) is 5.56 Å². The van der Waals surface area contributed by atoms with Crippen molar-refractivity contribution in [3.8, 4) is 0 Å². The molecule has 2 amide bonds. The highest BCUT2D eigenvalue weighted by atomic mass is 79.9. The normalized spacial score (nSPS) is 19.7. The van der Waals surface area contributed by atoms with Gasteiger partial charge in [0.2, 0.25) is 11.8 Å². The minimum atomic E-state index is -0.350. The van der Waals surface area contributed by atoms with Gasteiger partial charge in [-0.2, -0.15) is 0 Å². The molecule has 0 radical (unpaired) electrons. The van der Waals surface area contributed by atoms with Gasteiger partial charge in [0.25, 0.3) is 0 Å².